The van der Waals surface area contributed by atoms with Crippen molar-refractivity contribution in [1.29, 1.82) is 5.26 Å². The molecule has 1 aliphatic rings. The van der Waals surface area contributed by atoms with E-state index in [-0.39, 0.29) is 6.61 Å². The number of nitriles is 1. The Kier molecular flexibility index (Phi) is 3.37. The van der Waals surface area contributed by atoms with Crippen LogP contribution in [0.1, 0.15) is 18.4 Å². The van der Waals surface area contributed by atoms with Crippen molar-refractivity contribution >= 4 is 5.82 Å². The van der Waals surface area contributed by atoms with Crippen molar-refractivity contribution in [3.63, 3.8) is 0 Å². The fraction of sp³-hybridized carbons (Fsp3) is 0.500. The molecule has 0 radical (unpaired) electrons. The Morgan fingerprint density at radius 2 is 2.44 bits per heavy atom. The molecule has 1 unspecified atom stereocenters. The Labute approximate surface area is 95.1 Å². The summed E-state index contributed by atoms with van der Waals surface area (Å²) < 4.78 is 0. The monoisotopic (exact) mass is 217 g/mol. The lowest BCUT2D eigenvalue weighted by atomic mass is 10.1. The number of aliphatic hydroxyl groups is 1. The lowest BCUT2D eigenvalue weighted by Crippen LogP contribution is -2.20. The van der Waals surface area contributed by atoms with E-state index in [0.29, 0.717) is 11.5 Å². The molecule has 0 bridgehead atoms. The summed E-state index contributed by atoms with van der Waals surface area (Å²) in [4.78, 5) is 6.48. The van der Waals surface area contributed by atoms with Gasteiger partial charge in [-0.2, -0.15) is 5.26 Å². The number of rotatable bonds is 3. The number of aliphatic hydroxyl groups excluding tert-OH is 1. The van der Waals surface area contributed by atoms with Crippen LogP contribution >= 0.6 is 0 Å². The molecule has 2 heterocycles. The maximum absolute atomic E-state index is 8.88. The summed E-state index contributed by atoms with van der Waals surface area (Å²) >= 11 is 0. The lowest BCUT2D eigenvalue weighted by Gasteiger charge is -2.17. The first-order valence-corrected chi connectivity index (χ1v) is 5.55. The fourth-order valence-corrected chi connectivity index (χ4v) is 2.10. The maximum atomic E-state index is 8.88. The molecule has 0 spiro atoms. The molecule has 0 aliphatic carbocycles. The molecule has 1 fully saturated rings. The first-order valence-electron chi connectivity index (χ1n) is 5.55. The third-order valence-corrected chi connectivity index (χ3v) is 3.02. The maximum Gasteiger partial charge on any atom is 0.128 e. The van der Waals surface area contributed by atoms with Crippen LogP contribution in [0.15, 0.2) is 18.3 Å². The van der Waals surface area contributed by atoms with E-state index in [4.69, 9.17) is 10.4 Å². The predicted molar refractivity (Wildman–Crippen MR) is 61.0 cm³/mol. The summed E-state index contributed by atoms with van der Waals surface area (Å²) in [5.74, 6) is 1.50. The molecule has 0 amide bonds. The third-order valence-electron chi connectivity index (χ3n) is 3.02. The molecular weight excluding hydrogens is 202 g/mol. The van der Waals surface area contributed by atoms with Gasteiger partial charge in [-0.05, 0) is 30.9 Å². The second-order valence-corrected chi connectivity index (χ2v) is 4.13. The van der Waals surface area contributed by atoms with E-state index < -0.39 is 0 Å². The number of nitrogens with zero attached hydrogens (tertiary/aromatic N) is 3. The van der Waals surface area contributed by atoms with Gasteiger partial charge in [0.2, 0.25) is 0 Å². The quantitative estimate of drug-likeness (QED) is 0.825. The topological polar surface area (TPSA) is 60.2 Å². The van der Waals surface area contributed by atoms with Gasteiger partial charge in [0.15, 0.2) is 0 Å². The smallest absolute Gasteiger partial charge is 0.128 e. The zero-order valence-corrected chi connectivity index (χ0v) is 9.13. The molecule has 1 atom stereocenters. The third kappa shape index (κ3) is 2.31. The Morgan fingerprint density at radius 3 is 3.06 bits per heavy atom. The van der Waals surface area contributed by atoms with Gasteiger partial charge in [-0.3, -0.25) is 0 Å². The number of anilines is 1. The molecule has 84 valence electrons. The van der Waals surface area contributed by atoms with Gasteiger partial charge in [0.1, 0.15) is 11.9 Å². The van der Waals surface area contributed by atoms with Crippen LogP contribution in [-0.2, 0) is 0 Å². The van der Waals surface area contributed by atoms with Gasteiger partial charge < -0.3 is 10.0 Å². The van der Waals surface area contributed by atoms with Gasteiger partial charge in [-0.15, -0.1) is 0 Å². The fourth-order valence-electron chi connectivity index (χ4n) is 2.10. The van der Waals surface area contributed by atoms with Crippen molar-refractivity contribution in [2.24, 2.45) is 5.92 Å². The summed E-state index contributed by atoms with van der Waals surface area (Å²) in [6.45, 7) is 2.21. The Hall–Kier alpha value is -1.60. The minimum absolute atomic E-state index is 0.263. The lowest BCUT2D eigenvalue weighted by molar-refractivity contribution is 0.263. The summed E-state index contributed by atoms with van der Waals surface area (Å²) in [6, 6.07) is 5.74. The molecule has 1 aromatic rings. The van der Waals surface area contributed by atoms with Gasteiger partial charge in [0, 0.05) is 25.9 Å². The molecule has 1 saturated heterocycles. The van der Waals surface area contributed by atoms with Crippen LogP contribution in [0.4, 0.5) is 5.82 Å². The molecule has 1 N–H and O–H groups in total. The van der Waals surface area contributed by atoms with Gasteiger partial charge in [-0.1, -0.05) is 0 Å². The number of hydrogen-bond donors (Lipinski definition) is 1. The highest BCUT2D eigenvalue weighted by molar-refractivity contribution is 5.42. The van der Waals surface area contributed by atoms with Crippen LogP contribution in [-0.4, -0.2) is 29.8 Å². The molecule has 16 heavy (non-hydrogen) atoms. The van der Waals surface area contributed by atoms with E-state index in [9.17, 15) is 0 Å². The van der Waals surface area contributed by atoms with Crippen molar-refractivity contribution in [2.45, 2.75) is 12.8 Å². The molecule has 1 aromatic heterocycles. The second kappa shape index (κ2) is 4.95. The standard InChI is InChI=1S/C12H15N3O/c13-7-11-1-2-12(14-8-11)15-5-3-10(9-15)4-6-16/h1-2,8,10,16H,3-6,9H2. The van der Waals surface area contributed by atoms with Crippen LogP contribution in [0.5, 0.6) is 0 Å². The summed E-state index contributed by atoms with van der Waals surface area (Å²) in [7, 11) is 0. The van der Waals surface area contributed by atoms with Gasteiger partial charge in [0.05, 0.1) is 5.56 Å². The summed E-state index contributed by atoms with van der Waals surface area (Å²) in [5, 5.41) is 17.6. The highest BCUT2D eigenvalue weighted by atomic mass is 16.3. The zero-order valence-electron chi connectivity index (χ0n) is 9.13. The summed E-state index contributed by atoms with van der Waals surface area (Å²) in [6.07, 6.45) is 3.59. The molecule has 0 saturated carbocycles. The van der Waals surface area contributed by atoms with E-state index in [1.165, 1.54) is 0 Å². The van der Waals surface area contributed by atoms with Crippen molar-refractivity contribution in [1.82, 2.24) is 4.98 Å². The van der Waals surface area contributed by atoms with Gasteiger partial charge in [0.25, 0.3) is 0 Å². The molecule has 0 aromatic carbocycles. The van der Waals surface area contributed by atoms with Gasteiger partial charge >= 0.3 is 0 Å². The molecular formula is C12H15N3O. The van der Waals surface area contributed by atoms with E-state index in [1.54, 1.807) is 12.3 Å². The first kappa shape index (κ1) is 10.9. The Morgan fingerprint density at radius 1 is 1.56 bits per heavy atom. The summed E-state index contributed by atoms with van der Waals surface area (Å²) in [5.41, 5.74) is 0.592. The van der Waals surface area contributed by atoms with E-state index in [1.807, 2.05) is 6.07 Å². The molecule has 4 heteroatoms. The number of hydrogen-bond acceptors (Lipinski definition) is 4. The molecule has 4 nitrogen and oxygen atoms in total. The van der Waals surface area contributed by atoms with Crippen LogP contribution in [0.3, 0.4) is 0 Å². The molecule has 1 aliphatic heterocycles. The van der Waals surface area contributed by atoms with Crippen LogP contribution in [0.2, 0.25) is 0 Å². The van der Waals surface area contributed by atoms with E-state index in [0.717, 1.165) is 31.7 Å². The highest BCUT2D eigenvalue weighted by Gasteiger charge is 2.22. The average Bonchev–Trinajstić information content (AvgIpc) is 2.78. The Balaban J connectivity index is 2.00. The van der Waals surface area contributed by atoms with E-state index >= 15 is 0 Å². The van der Waals surface area contributed by atoms with Crippen molar-refractivity contribution in [3.8, 4) is 6.07 Å². The Bertz CT molecular complexity index is 382. The average molecular weight is 217 g/mol. The largest absolute Gasteiger partial charge is 0.396 e. The minimum Gasteiger partial charge on any atom is -0.396 e. The zero-order chi connectivity index (χ0) is 11.4. The number of pyridine rings is 1. The van der Waals surface area contributed by atoms with Crippen molar-refractivity contribution < 1.29 is 5.11 Å². The second-order valence-electron chi connectivity index (χ2n) is 4.13. The SMILES string of the molecule is N#Cc1ccc(N2CCC(CCO)C2)nc1. The van der Waals surface area contributed by atoms with Crippen LogP contribution in [0.25, 0.3) is 0 Å². The molecule has 2 rings (SSSR count). The minimum atomic E-state index is 0.263. The van der Waals surface area contributed by atoms with Crippen LogP contribution in [0, 0.1) is 17.2 Å². The highest BCUT2D eigenvalue weighted by Crippen LogP contribution is 2.23. The van der Waals surface area contributed by atoms with Crippen molar-refractivity contribution in [3.05, 3.63) is 23.9 Å². The van der Waals surface area contributed by atoms with Crippen molar-refractivity contribution in [2.75, 3.05) is 24.6 Å². The normalized spacial score (nSPS) is 19.8. The van der Waals surface area contributed by atoms with E-state index in [2.05, 4.69) is 16.0 Å². The predicted octanol–water partition coefficient (Wildman–Crippen LogP) is 1.16. The van der Waals surface area contributed by atoms with Crippen LogP contribution < -0.4 is 4.90 Å². The van der Waals surface area contributed by atoms with Gasteiger partial charge in [-0.25, -0.2) is 4.98 Å². The number of aromatic nitrogens is 1. The first-order chi connectivity index (χ1) is 7.83.